The van der Waals surface area contributed by atoms with E-state index < -0.39 is 5.41 Å². The molecule has 0 N–H and O–H groups in total. The lowest BCUT2D eigenvalue weighted by Gasteiger charge is -2.40. The van der Waals surface area contributed by atoms with Gasteiger partial charge < -0.3 is 4.90 Å². The van der Waals surface area contributed by atoms with Crippen LogP contribution in [0.1, 0.15) is 22.3 Å². The van der Waals surface area contributed by atoms with E-state index >= 15 is 0 Å². The molecule has 2 heteroatoms. The van der Waals surface area contributed by atoms with Crippen molar-refractivity contribution in [2.45, 2.75) is 5.41 Å². The van der Waals surface area contributed by atoms with Gasteiger partial charge in [-0.05, 0) is 108 Å². The fourth-order valence-electron chi connectivity index (χ4n) is 10.8. The monoisotopic (exact) mass is 791 g/mol. The molecule has 13 rings (SSSR count). The lowest BCUT2D eigenvalue weighted by molar-refractivity contribution is 0.773. The molecule has 0 saturated heterocycles. The molecule has 1 aromatic heterocycles. The lowest BCUT2D eigenvalue weighted by atomic mass is 9.61. The average molecular weight is 792 g/mol. The molecule has 2 aliphatic carbocycles. The van der Waals surface area contributed by atoms with Crippen LogP contribution in [-0.4, -0.2) is 0 Å². The van der Waals surface area contributed by atoms with Crippen LogP contribution in [0, 0.1) is 0 Å². The van der Waals surface area contributed by atoms with Crippen molar-refractivity contribution in [3.05, 3.63) is 247 Å². The summed E-state index contributed by atoms with van der Waals surface area (Å²) in [6, 6.07) is 83.8. The van der Waals surface area contributed by atoms with Crippen molar-refractivity contribution in [1.82, 2.24) is 0 Å². The SMILES string of the molecule is c1ccc(-c2ccccc2N(c2ccc3c(c2)C2(c4ccccc4-c4cccc5cccc2c45)c2cccc(-c4ccccc4)c2-3)c2ccc3c(c2)sc2ccccc23)cc1. The summed E-state index contributed by atoms with van der Waals surface area (Å²) < 4.78 is 2.59. The molecule has 1 atom stereocenters. The summed E-state index contributed by atoms with van der Waals surface area (Å²) in [6.07, 6.45) is 0. The van der Waals surface area contributed by atoms with E-state index in [1.807, 2.05) is 11.3 Å². The van der Waals surface area contributed by atoms with E-state index in [1.54, 1.807) is 0 Å². The molecule has 1 spiro atoms. The maximum Gasteiger partial charge on any atom is 0.0726 e. The molecule has 11 aromatic rings. The Balaban J connectivity index is 1.15. The summed E-state index contributed by atoms with van der Waals surface area (Å²) in [6.45, 7) is 0. The highest BCUT2D eigenvalue weighted by atomic mass is 32.1. The standard InChI is InChI=1S/C59H37NS/c1-3-16-38(17-4-1)43-22-8-11-30-54(43)60(42-32-34-47-46-24-9-12-31-55(46)61-56(47)37-42)41-33-35-49-53(36-41)59(52-29-15-25-44(58(49)52)39-18-5-2-6-19-39)50-27-10-7-23-45(50)48-26-13-20-40-21-14-28-51(59)57(40)48/h1-37H. The van der Waals surface area contributed by atoms with Crippen molar-refractivity contribution in [2.75, 3.05) is 4.90 Å². The van der Waals surface area contributed by atoms with Crippen molar-refractivity contribution >= 4 is 59.3 Å². The van der Waals surface area contributed by atoms with E-state index in [4.69, 9.17) is 0 Å². The van der Waals surface area contributed by atoms with E-state index in [0.717, 1.165) is 17.1 Å². The highest BCUT2D eigenvalue weighted by Crippen LogP contribution is 2.64. The first-order valence-electron chi connectivity index (χ1n) is 21.1. The van der Waals surface area contributed by atoms with Crippen LogP contribution < -0.4 is 4.90 Å². The normalized spacial score (nSPS) is 14.6. The molecule has 10 aromatic carbocycles. The van der Waals surface area contributed by atoms with Gasteiger partial charge in [0.25, 0.3) is 0 Å². The largest absolute Gasteiger partial charge is 0.310 e. The number of benzene rings is 10. The quantitative estimate of drug-likeness (QED) is 0.168. The predicted molar refractivity (Wildman–Crippen MR) is 259 cm³/mol. The molecule has 1 unspecified atom stereocenters. The van der Waals surface area contributed by atoms with Crippen LogP contribution in [-0.2, 0) is 5.41 Å². The summed E-state index contributed by atoms with van der Waals surface area (Å²) in [5.74, 6) is 0. The van der Waals surface area contributed by atoms with E-state index in [-0.39, 0.29) is 0 Å². The van der Waals surface area contributed by atoms with Gasteiger partial charge in [0.05, 0.1) is 11.1 Å². The van der Waals surface area contributed by atoms with Gasteiger partial charge in [0.15, 0.2) is 0 Å². The van der Waals surface area contributed by atoms with E-state index in [1.165, 1.54) is 97.7 Å². The number of para-hydroxylation sites is 1. The van der Waals surface area contributed by atoms with Gasteiger partial charge in [-0.3, -0.25) is 0 Å². The van der Waals surface area contributed by atoms with Crippen LogP contribution in [0.2, 0.25) is 0 Å². The molecule has 0 saturated carbocycles. The first kappa shape index (κ1) is 34.4. The number of thiophene rings is 1. The Morgan fingerprint density at radius 2 is 0.934 bits per heavy atom. The zero-order valence-corrected chi connectivity index (χ0v) is 34.0. The molecule has 0 radical (unpaired) electrons. The number of hydrogen-bond donors (Lipinski definition) is 0. The summed E-state index contributed by atoms with van der Waals surface area (Å²) in [7, 11) is 0. The van der Waals surface area contributed by atoms with Crippen molar-refractivity contribution in [3.63, 3.8) is 0 Å². The van der Waals surface area contributed by atoms with Gasteiger partial charge in [0.1, 0.15) is 0 Å². The first-order valence-corrected chi connectivity index (χ1v) is 21.9. The minimum Gasteiger partial charge on any atom is -0.310 e. The smallest absolute Gasteiger partial charge is 0.0726 e. The average Bonchev–Trinajstić information content (AvgIpc) is 3.85. The van der Waals surface area contributed by atoms with Crippen molar-refractivity contribution in [3.8, 4) is 44.5 Å². The fraction of sp³-hybridized carbons (Fsp3) is 0.0169. The molecular formula is C59H37NS. The van der Waals surface area contributed by atoms with Crippen molar-refractivity contribution in [1.29, 1.82) is 0 Å². The molecular weight excluding hydrogens is 755 g/mol. The van der Waals surface area contributed by atoms with Crippen LogP contribution in [0.15, 0.2) is 224 Å². The van der Waals surface area contributed by atoms with E-state index in [2.05, 4.69) is 229 Å². The third kappa shape index (κ3) is 4.88. The topological polar surface area (TPSA) is 3.24 Å². The van der Waals surface area contributed by atoms with Gasteiger partial charge >= 0.3 is 0 Å². The van der Waals surface area contributed by atoms with Crippen LogP contribution >= 0.6 is 11.3 Å². The van der Waals surface area contributed by atoms with E-state index in [9.17, 15) is 0 Å². The first-order chi connectivity index (χ1) is 30.3. The van der Waals surface area contributed by atoms with E-state index in [0.29, 0.717) is 0 Å². The Morgan fingerprint density at radius 1 is 0.344 bits per heavy atom. The predicted octanol–water partition coefficient (Wildman–Crippen LogP) is 16.4. The maximum atomic E-state index is 2.53. The van der Waals surface area contributed by atoms with Gasteiger partial charge in [-0.2, -0.15) is 0 Å². The molecule has 61 heavy (non-hydrogen) atoms. The highest BCUT2D eigenvalue weighted by molar-refractivity contribution is 7.25. The third-order valence-corrected chi connectivity index (χ3v) is 14.4. The molecule has 0 fully saturated rings. The van der Waals surface area contributed by atoms with Gasteiger partial charge in [-0.25, -0.2) is 0 Å². The van der Waals surface area contributed by atoms with Gasteiger partial charge in [-0.15, -0.1) is 11.3 Å². The summed E-state index contributed by atoms with van der Waals surface area (Å²) in [5.41, 5.74) is 18.2. The van der Waals surface area contributed by atoms with Gasteiger partial charge in [0, 0.05) is 37.1 Å². The van der Waals surface area contributed by atoms with Crippen LogP contribution in [0.3, 0.4) is 0 Å². The second kappa shape index (κ2) is 13.2. The minimum absolute atomic E-state index is 0.573. The summed E-state index contributed by atoms with van der Waals surface area (Å²) >= 11 is 1.87. The molecule has 1 heterocycles. The molecule has 0 amide bonds. The third-order valence-electron chi connectivity index (χ3n) is 13.3. The van der Waals surface area contributed by atoms with Crippen LogP contribution in [0.25, 0.3) is 75.5 Å². The maximum absolute atomic E-state index is 2.53. The Morgan fingerprint density at radius 3 is 1.79 bits per heavy atom. The number of nitrogens with zero attached hydrogens (tertiary/aromatic N) is 1. The Hall–Kier alpha value is -7.52. The minimum atomic E-state index is -0.573. The molecule has 284 valence electrons. The second-order valence-corrected chi connectivity index (χ2v) is 17.4. The molecule has 0 bridgehead atoms. The number of anilines is 3. The fourth-order valence-corrected chi connectivity index (χ4v) is 12.0. The lowest BCUT2D eigenvalue weighted by Crippen LogP contribution is -2.32. The highest BCUT2D eigenvalue weighted by Gasteiger charge is 2.51. The van der Waals surface area contributed by atoms with Crippen LogP contribution in [0.4, 0.5) is 17.1 Å². The molecule has 2 aliphatic rings. The number of fused-ring (bicyclic) bond motifs is 12. The molecule has 0 aliphatic heterocycles. The van der Waals surface area contributed by atoms with Crippen LogP contribution in [0.5, 0.6) is 0 Å². The Kier molecular flexibility index (Phi) is 7.46. The van der Waals surface area contributed by atoms with Crippen molar-refractivity contribution < 1.29 is 0 Å². The Bertz CT molecular complexity index is 3540. The summed E-state index contributed by atoms with van der Waals surface area (Å²) in [4.78, 5) is 2.50. The molecule has 1 nitrogen and oxygen atoms in total. The Labute approximate surface area is 359 Å². The van der Waals surface area contributed by atoms with Gasteiger partial charge in [-0.1, -0.05) is 188 Å². The van der Waals surface area contributed by atoms with Gasteiger partial charge in [0.2, 0.25) is 0 Å². The second-order valence-electron chi connectivity index (χ2n) is 16.3. The number of rotatable bonds is 5. The zero-order chi connectivity index (χ0) is 40.1. The summed E-state index contributed by atoms with van der Waals surface area (Å²) in [5, 5.41) is 5.20. The van der Waals surface area contributed by atoms with Crippen molar-refractivity contribution in [2.24, 2.45) is 0 Å². The zero-order valence-electron chi connectivity index (χ0n) is 33.2. The number of hydrogen-bond acceptors (Lipinski definition) is 2.